The lowest BCUT2D eigenvalue weighted by atomic mass is 10.0. The summed E-state index contributed by atoms with van der Waals surface area (Å²) in [6.07, 6.45) is -0.0879. The second-order valence-corrected chi connectivity index (χ2v) is 10.3. The van der Waals surface area contributed by atoms with Crippen LogP contribution in [0.1, 0.15) is 61.6 Å². The van der Waals surface area contributed by atoms with Crippen molar-refractivity contribution >= 4 is 21.9 Å². The van der Waals surface area contributed by atoms with E-state index in [1.165, 1.54) is 19.2 Å². The molecule has 2 aromatic rings. The summed E-state index contributed by atoms with van der Waals surface area (Å²) in [4.78, 5) is 25.4. The Hall–Kier alpha value is -2.91. The van der Waals surface area contributed by atoms with Gasteiger partial charge in [-0.05, 0) is 70.0 Å². The summed E-state index contributed by atoms with van der Waals surface area (Å²) in [5.74, 6) is -0.390. The fourth-order valence-corrected chi connectivity index (χ4v) is 4.65. The number of carbonyl (C=O) groups excluding carboxylic acids is 2. The quantitative estimate of drug-likeness (QED) is 0.536. The Morgan fingerprint density at radius 3 is 2.39 bits per heavy atom. The van der Waals surface area contributed by atoms with Crippen LogP contribution in [-0.2, 0) is 19.6 Å². The lowest BCUT2D eigenvalue weighted by Gasteiger charge is -2.22. The number of benzene rings is 2. The molecular formula is C24H32N2O6S. The molecule has 0 aliphatic rings. The summed E-state index contributed by atoms with van der Waals surface area (Å²) in [5.41, 5.74) is 0.779. The largest absolute Gasteiger partial charge is 0.497 e. The summed E-state index contributed by atoms with van der Waals surface area (Å²) in [5, 5.41) is 2.85. The second kappa shape index (κ2) is 10.8. The summed E-state index contributed by atoms with van der Waals surface area (Å²) >= 11 is 0. The van der Waals surface area contributed by atoms with Crippen molar-refractivity contribution in [1.29, 1.82) is 0 Å². The number of aryl methyl sites for hydroxylation is 1. The third kappa shape index (κ3) is 7.57. The molecular weight excluding hydrogens is 444 g/mol. The van der Waals surface area contributed by atoms with Gasteiger partial charge in [0.05, 0.1) is 31.1 Å². The van der Waals surface area contributed by atoms with Gasteiger partial charge in [-0.15, -0.1) is 0 Å². The fourth-order valence-electron chi connectivity index (χ4n) is 3.21. The zero-order chi connectivity index (χ0) is 24.8. The average Bonchev–Trinajstić information content (AvgIpc) is 2.71. The van der Waals surface area contributed by atoms with Crippen LogP contribution in [0.2, 0.25) is 0 Å². The standard InChI is InChI=1S/C24H32N2O6S/c1-7-32-22(27)15-21(17-9-8-10-18(13-17)31-6)25-23(28)20-14-19(12-11-16(20)2)33(29,30)26-24(3,4)5/h8-14,21,26H,7,15H2,1-6H3,(H,25,28). The van der Waals surface area contributed by atoms with Gasteiger partial charge in [0.25, 0.3) is 5.91 Å². The van der Waals surface area contributed by atoms with Crippen LogP contribution in [0.3, 0.4) is 0 Å². The molecule has 0 heterocycles. The predicted octanol–water partition coefficient (Wildman–Crippen LogP) is 3.50. The third-order valence-corrected chi connectivity index (χ3v) is 6.44. The maximum absolute atomic E-state index is 13.2. The third-order valence-electron chi connectivity index (χ3n) is 4.68. The van der Waals surface area contributed by atoms with Crippen LogP contribution in [0.25, 0.3) is 0 Å². The molecule has 8 nitrogen and oxygen atoms in total. The topological polar surface area (TPSA) is 111 Å². The molecule has 9 heteroatoms. The number of ether oxygens (including phenoxy) is 2. The van der Waals surface area contributed by atoms with Crippen molar-refractivity contribution in [2.45, 2.75) is 57.5 Å². The zero-order valence-electron chi connectivity index (χ0n) is 19.9. The van der Waals surface area contributed by atoms with Gasteiger partial charge in [-0.2, -0.15) is 0 Å². The molecule has 1 amide bonds. The Bertz CT molecular complexity index is 1110. The van der Waals surface area contributed by atoms with E-state index in [2.05, 4.69) is 10.0 Å². The fraction of sp³-hybridized carbons (Fsp3) is 0.417. The second-order valence-electron chi connectivity index (χ2n) is 8.64. The van der Waals surface area contributed by atoms with Crippen molar-refractivity contribution in [2.24, 2.45) is 0 Å². The molecule has 33 heavy (non-hydrogen) atoms. The molecule has 0 aromatic heterocycles. The van der Waals surface area contributed by atoms with E-state index in [4.69, 9.17) is 9.47 Å². The minimum atomic E-state index is -3.83. The van der Waals surface area contributed by atoms with Crippen LogP contribution in [0.15, 0.2) is 47.4 Å². The van der Waals surface area contributed by atoms with Gasteiger partial charge in [-0.3, -0.25) is 9.59 Å². The molecule has 0 bridgehead atoms. The Balaban J connectivity index is 2.39. The molecule has 0 aliphatic carbocycles. The number of carbonyl (C=O) groups is 2. The van der Waals surface area contributed by atoms with Crippen molar-refractivity contribution in [3.63, 3.8) is 0 Å². The van der Waals surface area contributed by atoms with Crippen LogP contribution in [-0.4, -0.2) is 39.5 Å². The molecule has 2 N–H and O–H groups in total. The average molecular weight is 477 g/mol. The van der Waals surface area contributed by atoms with Crippen molar-refractivity contribution in [1.82, 2.24) is 10.0 Å². The molecule has 2 rings (SSSR count). The maximum Gasteiger partial charge on any atom is 0.308 e. The van der Waals surface area contributed by atoms with Crippen LogP contribution in [0.5, 0.6) is 5.75 Å². The number of rotatable bonds is 9. The van der Waals surface area contributed by atoms with Gasteiger partial charge in [-0.1, -0.05) is 18.2 Å². The van der Waals surface area contributed by atoms with Crippen LogP contribution >= 0.6 is 0 Å². The predicted molar refractivity (Wildman–Crippen MR) is 126 cm³/mol. The number of amides is 1. The number of hydrogen-bond acceptors (Lipinski definition) is 6. The zero-order valence-corrected chi connectivity index (χ0v) is 20.7. The van der Waals surface area contributed by atoms with E-state index in [-0.39, 0.29) is 23.5 Å². The van der Waals surface area contributed by atoms with Gasteiger partial charge >= 0.3 is 5.97 Å². The Morgan fingerprint density at radius 2 is 1.79 bits per heavy atom. The van der Waals surface area contributed by atoms with E-state index in [1.54, 1.807) is 65.0 Å². The molecule has 0 aliphatic heterocycles. The Morgan fingerprint density at radius 1 is 1.09 bits per heavy atom. The van der Waals surface area contributed by atoms with E-state index in [1.807, 2.05) is 0 Å². The molecule has 0 fully saturated rings. The minimum Gasteiger partial charge on any atom is -0.497 e. The number of nitrogens with one attached hydrogen (secondary N) is 2. The Labute approximate surface area is 195 Å². The smallest absolute Gasteiger partial charge is 0.308 e. The van der Waals surface area contributed by atoms with Gasteiger partial charge in [0.15, 0.2) is 0 Å². The number of esters is 1. The van der Waals surface area contributed by atoms with Crippen LogP contribution < -0.4 is 14.8 Å². The lowest BCUT2D eigenvalue weighted by Crippen LogP contribution is -2.40. The number of sulfonamides is 1. The normalized spacial score (nSPS) is 12.7. The van der Waals surface area contributed by atoms with Crippen LogP contribution in [0, 0.1) is 6.92 Å². The molecule has 0 saturated carbocycles. The molecule has 0 saturated heterocycles. The van der Waals surface area contributed by atoms with Gasteiger partial charge in [0.1, 0.15) is 5.75 Å². The maximum atomic E-state index is 13.2. The first-order chi connectivity index (χ1) is 15.4. The first kappa shape index (κ1) is 26.3. The van der Waals surface area contributed by atoms with Gasteiger partial charge in [-0.25, -0.2) is 13.1 Å². The molecule has 2 aromatic carbocycles. The minimum absolute atomic E-state index is 0.0171. The first-order valence-electron chi connectivity index (χ1n) is 10.6. The van der Waals surface area contributed by atoms with E-state index in [9.17, 15) is 18.0 Å². The van der Waals surface area contributed by atoms with Crippen molar-refractivity contribution in [3.05, 3.63) is 59.2 Å². The van der Waals surface area contributed by atoms with E-state index in [0.717, 1.165) is 0 Å². The number of methoxy groups -OCH3 is 1. The monoisotopic (exact) mass is 476 g/mol. The van der Waals surface area contributed by atoms with E-state index < -0.39 is 33.5 Å². The van der Waals surface area contributed by atoms with Crippen LogP contribution in [0.4, 0.5) is 0 Å². The highest BCUT2D eigenvalue weighted by Gasteiger charge is 2.25. The molecule has 180 valence electrons. The molecule has 1 unspecified atom stereocenters. The van der Waals surface area contributed by atoms with Crippen molar-refractivity contribution in [3.8, 4) is 5.75 Å². The van der Waals surface area contributed by atoms with Crippen molar-refractivity contribution in [2.75, 3.05) is 13.7 Å². The SMILES string of the molecule is CCOC(=O)CC(NC(=O)c1cc(S(=O)(=O)NC(C)(C)C)ccc1C)c1cccc(OC)c1. The highest BCUT2D eigenvalue weighted by molar-refractivity contribution is 7.89. The van der Waals surface area contributed by atoms with E-state index >= 15 is 0 Å². The summed E-state index contributed by atoms with van der Waals surface area (Å²) in [6, 6.07) is 10.7. The lowest BCUT2D eigenvalue weighted by molar-refractivity contribution is -0.143. The van der Waals surface area contributed by atoms with Gasteiger partial charge < -0.3 is 14.8 Å². The summed E-state index contributed by atoms with van der Waals surface area (Å²) in [6.45, 7) is 8.85. The van der Waals surface area contributed by atoms with Gasteiger partial charge in [0, 0.05) is 11.1 Å². The molecule has 0 spiro atoms. The van der Waals surface area contributed by atoms with Crippen molar-refractivity contribution < 1.29 is 27.5 Å². The van der Waals surface area contributed by atoms with E-state index in [0.29, 0.717) is 16.9 Å². The highest BCUT2D eigenvalue weighted by atomic mass is 32.2. The molecule has 0 radical (unpaired) electrons. The summed E-state index contributed by atoms with van der Waals surface area (Å²) < 4.78 is 38.4. The highest BCUT2D eigenvalue weighted by Crippen LogP contribution is 2.24. The number of hydrogen-bond donors (Lipinski definition) is 2. The first-order valence-corrected chi connectivity index (χ1v) is 12.1. The molecule has 1 atom stereocenters. The Kier molecular flexibility index (Phi) is 8.63. The van der Waals surface area contributed by atoms with Gasteiger partial charge in [0.2, 0.25) is 10.0 Å². The summed E-state index contributed by atoms with van der Waals surface area (Å²) in [7, 11) is -2.30.